The molecule has 0 aliphatic carbocycles. The molecule has 2 aromatic rings. The molecule has 1 nitrogen and oxygen atoms in total. The molecular weight excluding hydrogens is 208 g/mol. The van der Waals surface area contributed by atoms with Gasteiger partial charge < -0.3 is 4.42 Å². The van der Waals surface area contributed by atoms with Crippen LogP contribution in [-0.4, -0.2) is 0 Å². The summed E-state index contributed by atoms with van der Waals surface area (Å²) >= 11 is 0. The molecule has 2 rings (SSSR count). The Bertz CT molecular complexity index is 528. The molecule has 1 heterocycles. The van der Waals surface area contributed by atoms with E-state index in [4.69, 9.17) is 4.42 Å². The van der Waals surface area contributed by atoms with Gasteiger partial charge in [-0.1, -0.05) is 38.8 Å². The lowest BCUT2D eigenvalue weighted by Crippen LogP contribution is -2.10. The average molecular weight is 224 g/mol. The summed E-state index contributed by atoms with van der Waals surface area (Å²) in [5.41, 5.74) is 2.52. The zero-order valence-corrected chi connectivity index (χ0v) is 10.4. The van der Waals surface area contributed by atoms with Crippen molar-refractivity contribution in [1.29, 1.82) is 0 Å². The van der Waals surface area contributed by atoms with E-state index in [-0.39, 0.29) is 5.41 Å². The van der Waals surface area contributed by atoms with Gasteiger partial charge in [-0.3, -0.25) is 0 Å². The number of benzene rings is 1. The molecule has 0 aliphatic heterocycles. The second-order valence-electron chi connectivity index (χ2n) is 5.05. The Kier molecular flexibility index (Phi) is 3.06. The lowest BCUT2D eigenvalue weighted by molar-refractivity contribution is 0.554. The minimum Gasteiger partial charge on any atom is -0.456 e. The standard InChI is InChI=1S/C16H16O/c1-16(2,3)14-9-6-13(7-10-14)8-11-15-5-4-12-17-15/h4-7,9-10,12H,1-3H3. The van der Waals surface area contributed by atoms with Crippen LogP contribution in [-0.2, 0) is 5.41 Å². The van der Waals surface area contributed by atoms with Gasteiger partial charge >= 0.3 is 0 Å². The fourth-order valence-electron chi connectivity index (χ4n) is 1.54. The lowest BCUT2D eigenvalue weighted by Gasteiger charge is -2.18. The van der Waals surface area contributed by atoms with Crippen molar-refractivity contribution in [1.82, 2.24) is 0 Å². The van der Waals surface area contributed by atoms with Crippen LogP contribution in [0, 0.1) is 11.8 Å². The molecule has 0 bridgehead atoms. The van der Waals surface area contributed by atoms with Gasteiger partial charge in [0.2, 0.25) is 0 Å². The van der Waals surface area contributed by atoms with E-state index in [1.54, 1.807) is 6.26 Å². The Hall–Kier alpha value is -1.94. The zero-order valence-electron chi connectivity index (χ0n) is 10.4. The van der Waals surface area contributed by atoms with Crippen LogP contribution in [0.5, 0.6) is 0 Å². The van der Waals surface area contributed by atoms with Gasteiger partial charge in [-0.05, 0) is 41.2 Å². The van der Waals surface area contributed by atoms with Crippen molar-refractivity contribution in [3.8, 4) is 11.8 Å². The minimum absolute atomic E-state index is 0.187. The highest BCUT2D eigenvalue weighted by Crippen LogP contribution is 2.21. The van der Waals surface area contributed by atoms with Crippen molar-refractivity contribution in [2.75, 3.05) is 0 Å². The number of hydrogen-bond donors (Lipinski definition) is 0. The van der Waals surface area contributed by atoms with Crippen LogP contribution in [0.4, 0.5) is 0 Å². The number of hydrogen-bond acceptors (Lipinski definition) is 1. The van der Waals surface area contributed by atoms with Crippen molar-refractivity contribution in [3.63, 3.8) is 0 Å². The van der Waals surface area contributed by atoms with Gasteiger partial charge in [0.05, 0.1) is 6.26 Å². The van der Waals surface area contributed by atoms with Crippen molar-refractivity contribution in [2.45, 2.75) is 26.2 Å². The molecule has 0 amide bonds. The third-order valence-corrected chi connectivity index (χ3v) is 2.60. The quantitative estimate of drug-likeness (QED) is 0.617. The van der Waals surface area contributed by atoms with E-state index in [2.05, 4.69) is 56.9 Å². The topological polar surface area (TPSA) is 13.1 Å². The van der Waals surface area contributed by atoms with Gasteiger partial charge in [0, 0.05) is 5.56 Å². The molecule has 1 aromatic carbocycles. The Morgan fingerprint density at radius 1 is 0.941 bits per heavy atom. The van der Waals surface area contributed by atoms with Crippen LogP contribution in [0.2, 0.25) is 0 Å². The van der Waals surface area contributed by atoms with E-state index < -0.39 is 0 Å². The largest absolute Gasteiger partial charge is 0.456 e. The summed E-state index contributed by atoms with van der Waals surface area (Å²) in [6.45, 7) is 6.61. The fraction of sp³-hybridized carbons (Fsp3) is 0.250. The zero-order chi connectivity index (χ0) is 12.3. The Morgan fingerprint density at radius 3 is 2.18 bits per heavy atom. The first kappa shape index (κ1) is 11.5. The van der Waals surface area contributed by atoms with Gasteiger partial charge in [0.1, 0.15) is 0 Å². The molecule has 17 heavy (non-hydrogen) atoms. The van der Waals surface area contributed by atoms with Gasteiger partial charge in [0.25, 0.3) is 0 Å². The van der Waals surface area contributed by atoms with E-state index in [0.717, 1.165) is 5.56 Å². The maximum absolute atomic E-state index is 5.16. The minimum atomic E-state index is 0.187. The maximum atomic E-state index is 5.16. The summed E-state index contributed by atoms with van der Waals surface area (Å²) in [7, 11) is 0. The summed E-state index contributed by atoms with van der Waals surface area (Å²) in [4.78, 5) is 0. The second kappa shape index (κ2) is 4.51. The molecule has 0 fully saturated rings. The first-order valence-corrected chi connectivity index (χ1v) is 5.72. The normalized spacial score (nSPS) is 10.8. The molecule has 1 aromatic heterocycles. The first-order chi connectivity index (χ1) is 8.05. The van der Waals surface area contributed by atoms with Gasteiger partial charge in [-0.25, -0.2) is 0 Å². The summed E-state index contributed by atoms with van der Waals surface area (Å²) in [6, 6.07) is 12.1. The van der Waals surface area contributed by atoms with Crippen molar-refractivity contribution < 1.29 is 4.42 Å². The maximum Gasteiger partial charge on any atom is 0.176 e. The summed E-state index contributed by atoms with van der Waals surface area (Å²) in [5.74, 6) is 6.76. The average Bonchev–Trinajstić information content (AvgIpc) is 2.78. The molecule has 0 spiro atoms. The predicted molar refractivity (Wildman–Crippen MR) is 69.8 cm³/mol. The fourth-order valence-corrected chi connectivity index (χ4v) is 1.54. The summed E-state index contributed by atoms with van der Waals surface area (Å²) < 4.78 is 5.16. The Balaban J connectivity index is 2.19. The molecule has 0 radical (unpaired) electrons. The molecule has 0 aliphatic rings. The SMILES string of the molecule is CC(C)(C)c1ccc(C#Cc2ccco2)cc1. The van der Waals surface area contributed by atoms with Crippen molar-refractivity contribution >= 4 is 0 Å². The van der Waals surface area contributed by atoms with Crippen LogP contribution < -0.4 is 0 Å². The Labute approximate surface area is 102 Å². The molecule has 86 valence electrons. The highest BCUT2D eigenvalue weighted by Gasteiger charge is 2.12. The smallest absolute Gasteiger partial charge is 0.176 e. The molecule has 1 heteroatoms. The number of rotatable bonds is 0. The monoisotopic (exact) mass is 224 g/mol. The Morgan fingerprint density at radius 2 is 1.65 bits per heavy atom. The van der Waals surface area contributed by atoms with Crippen LogP contribution in [0.1, 0.15) is 37.7 Å². The van der Waals surface area contributed by atoms with Gasteiger partial charge in [-0.15, -0.1) is 0 Å². The van der Waals surface area contributed by atoms with Gasteiger partial charge in [-0.2, -0.15) is 0 Å². The molecule has 0 saturated carbocycles. The van der Waals surface area contributed by atoms with Crippen LogP contribution in [0.15, 0.2) is 47.1 Å². The van der Waals surface area contributed by atoms with Gasteiger partial charge in [0.15, 0.2) is 5.76 Å². The summed E-state index contributed by atoms with van der Waals surface area (Å²) in [6.07, 6.45) is 1.63. The highest BCUT2D eigenvalue weighted by molar-refractivity contribution is 5.41. The van der Waals surface area contributed by atoms with E-state index in [0.29, 0.717) is 5.76 Å². The van der Waals surface area contributed by atoms with Crippen molar-refractivity contribution in [3.05, 3.63) is 59.5 Å². The van der Waals surface area contributed by atoms with E-state index in [1.807, 2.05) is 12.1 Å². The number of furan rings is 1. The summed E-state index contributed by atoms with van der Waals surface area (Å²) in [5, 5.41) is 0. The highest BCUT2D eigenvalue weighted by atomic mass is 16.3. The molecule has 0 saturated heterocycles. The van der Waals surface area contributed by atoms with E-state index in [1.165, 1.54) is 5.56 Å². The first-order valence-electron chi connectivity index (χ1n) is 5.72. The molecule has 0 unspecified atom stereocenters. The molecular formula is C16H16O. The third-order valence-electron chi connectivity index (χ3n) is 2.60. The van der Waals surface area contributed by atoms with E-state index in [9.17, 15) is 0 Å². The lowest BCUT2D eigenvalue weighted by atomic mass is 9.87. The van der Waals surface area contributed by atoms with Crippen molar-refractivity contribution in [2.24, 2.45) is 0 Å². The van der Waals surface area contributed by atoms with Crippen LogP contribution in [0.3, 0.4) is 0 Å². The van der Waals surface area contributed by atoms with E-state index >= 15 is 0 Å². The van der Waals surface area contributed by atoms with Crippen LogP contribution in [0.25, 0.3) is 0 Å². The molecule has 0 N–H and O–H groups in total. The molecule has 0 atom stereocenters. The predicted octanol–water partition coefficient (Wildman–Crippen LogP) is 3.98. The second-order valence-corrected chi connectivity index (χ2v) is 5.05. The van der Waals surface area contributed by atoms with Crippen LogP contribution >= 0.6 is 0 Å². The third kappa shape index (κ3) is 3.01.